The molecule has 0 bridgehead atoms. The maximum Gasteiger partial charge on any atom is 0 e. The van der Waals surface area contributed by atoms with Crippen molar-refractivity contribution in [3.8, 4) is 0 Å². The summed E-state index contributed by atoms with van der Waals surface area (Å²) >= 11 is 0. The predicted octanol–water partition coefficient (Wildman–Crippen LogP) is 9.48. The maximum absolute atomic E-state index is 2.75. The van der Waals surface area contributed by atoms with Gasteiger partial charge in [-0.2, -0.15) is 0 Å². The first-order valence-electron chi connectivity index (χ1n) is 13.3. The van der Waals surface area contributed by atoms with Gasteiger partial charge in [-0.3, -0.25) is 0 Å². The van der Waals surface area contributed by atoms with Crippen molar-refractivity contribution in [3.05, 3.63) is 0 Å². The average molecular weight is 393 g/mol. The van der Waals surface area contributed by atoms with E-state index in [1.54, 1.807) is 44.9 Å². The molecule has 0 aromatic carbocycles. The molecule has 0 heteroatoms. The zero-order valence-corrected chi connectivity index (χ0v) is 20.1. The Balaban J connectivity index is 0.00000160. The molecule has 0 amide bonds. The lowest BCUT2D eigenvalue weighted by molar-refractivity contribution is -0.120. The van der Waals surface area contributed by atoms with Crippen LogP contribution in [0.1, 0.15) is 123 Å². The van der Waals surface area contributed by atoms with E-state index in [0.717, 1.165) is 47.3 Å². The molecule has 0 spiro atoms. The van der Waals surface area contributed by atoms with Gasteiger partial charge < -0.3 is 0 Å². The number of rotatable bonds is 5. The van der Waals surface area contributed by atoms with Gasteiger partial charge in [0.15, 0.2) is 0 Å². The van der Waals surface area contributed by atoms with Crippen LogP contribution in [0, 0.1) is 58.2 Å². The van der Waals surface area contributed by atoms with Crippen molar-refractivity contribution >= 4 is 0 Å². The average Bonchev–Trinajstić information content (AvgIpc) is 2.99. The Hall–Kier alpha value is 0. The summed E-state index contributed by atoms with van der Waals surface area (Å²) in [6.45, 7) is 15.4. The second-order valence-corrected chi connectivity index (χ2v) is 13.1. The summed E-state index contributed by atoms with van der Waals surface area (Å²) in [7, 11) is 0. The Morgan fingerprint density at radius 2 is 1.54 bits per heavy atom. The molecule has 4 fully saturated rings. The molecule has 28 heavy (non-hydrogen) atoms. The molecule has 0 radical (unpaired) electrons. The second-order valence-electron chi connectivity index (χ2n) is 13.1. The van der Waals surface area contributed by atoms with Gasteiger partial charge in [-0.25, -0.2) is 0 Å². The Morgan fingerprint density at radius 1 is 0.821 bits per heavy atom. The Labute approximate surface area is 181 Å². The van der Waals surface area contributed by atoms with Crippen molar-refractivity contribution < 1.29 is 4.28 Å². The van der Waals surface area contributed by atoms with Gasteiger partial charge in [0.25, 0.3) is 0 Å². The highest BCUT2D eigenvalue weighted by Gasteiger charge is 2.60. The van der Waals surface area contributed by atoms with Crippen LogP contribution in [0.5, 0.6) is 0 Å². The van der Waals surface area contributed by atoms with E-state index in [9.17, 15) is 0 Å². The number of hydrogen-bond donors (Lipinski definition) is 0. The van der Waals surface area contributed by atoms with Crippen molar-refractivity contribution in [1.29, 1.82) is 0 Å². The van der Waals surface area contributed by atoms with Gasteiger partial charge >= 0.3 is 0 Å². The number of hydrogen-bond acceptors (Lipinski definition) is 0. The molecule has 4 aliphatic rings. The topological polar surface area (TPSA) is 0 Å². The van der Waals surface area contributed by atoms with Crippen molar-refractivity contribution in [2.45, 2.75) is 119 Å². The Kier molecular flexibility index (Phi) is 6.01. The fourth-order valence-electron chi connectivity index (χ4n) is 9.50. The monoisotopic (exact) mass is 392 g/mol. The number of fused-ring (bicyclic) bond motifs is 5. The molecule has 4 saturated carbocycles. The molecule has 0 nitrogen and oxygen atoms in total. The summed E-state index contributed by atoms with van der Waals surface area (Å²) in [5, 5.41) is 0. The zero-order chi connectivity index (χ0) is 20.1. The van der Waals surface area contributed by atoms with Crippen LogP contribution in [-0.4, -0.2) is 0 Å². The molecule has 0 saturated heterocycles. The van der Waals surface area contributed by atoms with E-state index < -0.39 is 0 Å². The van der Waals surface area contributed by atoms with Crippen LogP contribution < -0.4 is 0 Å². The fourth-order valence-corrected chi connectivity index (χ4v) is 9.50. The molecule has 0 N–H and O–H groups in total. The van der Waals surface area contributed by atoms with E-state index in [0.29, 0.717) is 10.8 Å². The van der Waals surface area contributed by atoms with Crippen LogP contribution in [0.25, 0.3) is 0 Å². The third-order valence-electron chi connectivity index (χ3n) is 11.1. The van der Waals surface area contributed by atoms with Crippen LogP contribution in [0.4, 0.5) is 0 Å². The zero-order valence-electron chi connectivity index (χ0n) is 20.1. The predicted molar refractivity (Wildman–Crippen MR) is 129 cm³/mol. The van der Waals surface area contributed by atoms with E-state index in [1.807, 2.05) is 0 Å². The minimum Gasteiger partial charge on any atom is -0.0628 e. The molecule has 4 rings (SSSR count). The smallest absolute Gasteiger partial charge is 0 e. The SMILES string of the molecule is CC(C)CCC[C@@H](C)C1CCC2[C@@H]3CCC4C[C@@H](C)CC[C@]4(C)C3CC[C@@]21C.[HH].[HH].[HH]. The van der Waals surface area contributed by atoms with Crippen LogP contribution in [0.2, 0.25) is 0 Å². The van der Waals surface area contributed by atoms with Crippen LogP contribution >= 0.6 is 0 Å². The third kappa shape index (κ3) is 3.51. The Bertz CT molecular complexity index is 548. The standard InChI is InChI=1S/C28H50.3H2/c1-19(2)8-7-9-21(4)24-12-13-25-23-11-10-22-18-20(3)14-16-27(22,5)26(23)15-17-28(24,25)6;;;/h19-26H,7-18H2,1-6H3;3*1H/t20-,21+,22?,23-,24?,25?,26?,27-,28+;;;/m0.../s1. The van der Waals surface area contributed by atoms with Crippen molar-refractivity contribution in [3.63, 3.8) is 0 Å². The largest absolute Gasteiger partial charge is 0.0628 e. The molecule has 0 aliphatic heterocycles. The van der Waals surface area contributed by atoms with Crippen molar-refractivity contribution in [1.82, 2.24) is 0 Å². The summed E-state index contributed by atoms with van der Waals surface area (Å²) in [6, 6.07) is 0. The summed E-state index contributed by atoms with van der Waals surface area (Å²) < 4.78 is 0. The van der Waals surface area contributed by atoms with Gasteiger partial charge in [0.2, 0.25) is 0 Å². The van der Waals surface area contributed by atoms with E-state index in [1.165, 1.54) is 32.1 Å². The molecule has 0 heterocycles. The van der Waals surface area contributed by atoms with Gasteiger partial charge in [-0.1, -0.05) is 67.2 Å². The lowest BCUT2D eigenvalue weighted by atomic mass is 9.44. The third-order valence-corrected chi connectivity index (χ3v) is 11.1. The molecule has 9 atom stereocenters. The van der Waals surface area contributed by atoms with E-state index in [4.69, 9.17) is 0 Å². The highest BCUT2D eigenvalue weighted by Crippen LogP contribution is 2.68. The summed E-state index contributed by atoms with van der Waals surface area (Å²) in [5.41, 5.74) is 1.36. The van der Waals surface area contributed by atoms with Gasteiger partial charge in [-0.15, -0.1) is 0 Å². The highest BCUT2D eigenvalue weighted by molar-refractivity contribution is 5.09. The lowest BCUT2D eigenvalue weighted by Gasteiger charge is -2.61. The molecular formula is C28H56. The van der Waals surface area contributed by atoms with Crippen LogP contribution in [0.3, 0.4) is 0 Å². The highest BCUT2D eigenvalue weighted by atomic mass is 14.6. The van der Waals surface area contributed by atoms with Crippen molar-refractivity contribution in [2.24, 2.45) is 58.2 Å². The molecule has 4 aliphatic carbocycles. The normalized spacial score (nSPS) is 49.4. The first kappa shape index (κ1) is 21.2. The van der Waals surface area contributed by atoms with E-state index in [2.05, 4.69) is 41.5 Å². The Morgan fingerprint density at radius 3 is 2.29 bits per heavy atom. The minimum absolute atomic E-state index is 0. The van der Waals surface area contributed by atoms with Gasteiger partial charge in [-0.05, 0) is 110 Å². The molecule has 0 aromatic heterocycles. The fraction of sp³-hybridized carbons (Fsp3) is 1.00. The van der Waals surface area contributed by atoms with Crippen LogP contribution in [-0.2, 0) is 0 Å². The molecule has 168 valence electrons. The van der Waals surface area contributed by atoms with E-state index >= 15 is 0 Å². The first-order chi connectivity index (χ1) is 13.3. The first-order valence-corrected chi connectivity index (χ1v) is 13.3. The second kappa shape index (κ2) is 7.92. The quantitative estimate of drug-likeness (QED) is 0.437. The minimum atomic E-state index is 0. The van der Waals surface area contributed by atoms with Crippen molar-refractivity contribution in [2.75, 3.05) is 0 Å². The molecule has 4 unspecified atom stereocenters. The van der Waals surface area contributed by atoms with Crippen LogP contribution in [0.15, 0.2) is 0 Å². The van der Waals surface area contributed by atoms with E-state index in [-0.39, 0.29) is 4.28 Å². The molecule has 0 aromatic rings. The summed E-state index contributed by atoms with van der Waals surface area (Å²) in [4.78, 5) is 0. The van der Waals surface area contributed by atoms with Gasteiger partial charge in [0, 0.05) is 4.28 Å². The van der Waals surface area contributed by atoms with Gasteiger partial charge in [0.05, 0.1) is 0 Å². The maximum atomic E-state index is 2.75. The van der Waals surface area contributed by atoms with Gasteiger partial charge in [0.1, 0.15) is 0 Å². The molecular weight excluding hydrogens is 336 g/mol. The summed E-state index contributed by atoms with van der Waals surface area (Å²) in [6.07, 6.45) is 18.3. The summed E-state index contributed by atoms with van der Waals surface area (Å²) in [5.74, 6) is 8.08. The lowest BCUT2D eigenvalue weighted by Crippen LogP contribution is -2.53.